The first-order valence-corrected chi connectivity index (χ1v) is 12.4. The zero-order valence-corrected chi connectivity index (χ0v) is 18.2. The summed E-state index contributed by atoms with van der Waals surface area (Å²) in [6.45, 7) is 0. The van der Waals surface area contributed by atoms with Gasteiger partial charge in [0, 0.05) is 5.56 Å². The Morgan fingerprint density at radius 3 is 1.13 bits per heavy atom. The van der Waals surface area contributed by atoms with E-state index in [0.29, 0.717) is 0 Å². The molecule has 0 radical (unpaired) electrons. The van der Waals surface area contributed by atoms with E-state index in [2.05, 4.69) is 146 Å². The van der Waals surface area contributed by atoms with Gasteiger partial charge in [-0.3, -0.25) is 0 Å². The minimum absolute atomic E-state index is 1.25. The summed E-state index contributed by atoms with van der Waals surface area (Å²) in [6.07, 6.45) is 0. The fourth-order valence-corrected chi connectivity index (χ4v) is 8.91. The molecule has 0 saturated carbocycles. The van der Waals surface area contributed by atoms with Crippen molar-refractivity contribution in [2.24, 2.45) is 0 Å². The van der Waals surface area contributed by atoms with Crippen molar-refractivity contribution in [2.75, 3.05) is 0 Å². The number of hydrogen-bond donors (Lipinski definition) is 0. The topological polar surface area (TPSA) is 0 Å². The van der Waals surface area contributed by atoms with Crippen molar-refractivity contribution >= 4 is 28.5 Å². The molecule has 5 aromatic carbocycles. The third kappa shape index (κ3) is 3.50. The van der Waals surface area contributed by atoms with Crippen molar-refractivity contribution in [3.05, 3.63) is 146 Å². The predicted octanol–water partition coefficient (Wildman–Crippen LogP) is 5.97. The van der Waals surface area contributed by atoms with Gasteiger partial charge in [0.2, 0.25) is 0 Å². The Morgan fingerprint density at radius 2 is 0.677 bits per heavy atom. The first-order chi connectivity index (χ1) is 15.4. The summed E-state index contributed by atoms with van der Waals surface area (Å²) in [5.74, 6) is 0. The Morgan fingerprint density at radius 1 is 0.323 bits per heavy atom. The largest absolute Gasteiger partial charge is 0.144 e. The van der Waals surface area contributed by atoms with Crippen LogP contribution in [0.5, 0.6) is 0 Å². The van der Waals surface area contributed by atoms with Crippen molar-refractivity contribution in [3.63, 3.8) is 0 Å². The molecule has 0 aliphatic rings. The Balaban J connectivity index is 1.94. The maximum Gasteiger partial charge on any atom is 0.144 e. The highest BCUT2D eigenvalue weighted by molar-refractivity contribution is 8.01. The molecule has 31 heavy (non-hydrogen) atoms. The van der Waals surface area contributed by atoms with Gasteiger partial charge in [-0.25, -0.2) is 0 Å². The maximum atomic E-state index is 2.34. The van der Waals surface area contributed by atoms with Gasteiger partial charge in [-0.05, 0) is 48.0 Å². The lowest BCUT2D eigenvalue weighted by Gasteiger charge is -2.29. The van der Waals surface area contributed by atoms with Crippen LogP contribution >= 0.6 is 7.26 Å². The molecule has 148 valence electrons. The molecule has 0 saturated heterocycles. The molecule has 0 bridgehead atoms. The molecule has 5 rings (SSSR count). The van der Waals surface area contributed by atoms with Gasteiger partial charge in [-0.1, -0.05) is 103 Å². The summed E-state index contributed by atoms with van der Waals surface area (Å²) >= 11 is 0. The molecule has 5 aromatic rings. The Labute approximate surface area is 185 Å². The standard InChI is InChI=1S/C30H24P/c1-5-15-25(16-6-1)29-23-13-14-24-30(29)31(26-17-7-2-8-18-26,27-19-9-3-10-20-27)28-21-11-4-12-22-28/h1-24H/q+1. The second-order valence-corrected chi connectivity index (χ2v) is 10.9. The molecule has 0 spiro atoms. The molecule has 0 aromatic heterocycles. The van der Waals surface area contributed by atoms with Crippen LogP contribution in [0.4, 0.5) is 0 Å². The van der Waals surface area contributed by atoms with Crippen LogP contribution < -0.4 is 21.2 Å². The lowest BCUT2D eigenvalue weighted by molar-refractivity contribution is 1.64. The van der Waals surface area contributed by atoms with Gasteiger partial charge >= 0.3 is 0 Å². The van der Waals surface area contributed by atoms with Crippen molar-refractivity contribution in [1.29, 1.82) is 0 Å². The van der Waals surface area contributed by atoms with Crippen LogP contribution in [0.25, 0.3) is 11.1 Å². The van der Waals surface area contributed by atoms with Crippen LogP contribution in [0.3, 0.4) is 0 Å². The van der Waals surface area contributed by atoms with E-state index < -0.39 is 7.26 Å². The number of hydrogen-bond acceptors (Lipinski definition) is 0. The molecule has 0 N–H and O–H groups in total. The fraction of sp³-hybridized carbons (Fsp3) is 0. The molecule has 0 aliphatic heterocycles. The smallest absolute Gasteiger partial charge is 0.0622 e. The molecular weight excluding hydrogens is 391 g/mol. The molecular formula is C30H24P+. The highest BCUT2D eigenvalue weighted by Crippen LogP contribution is 2.55. The number of benzene rings is 5. The van der Waals surface area contributed by atoms with Crippen LogP contribution in [-0.2, 0) is 0 Å². The van der Waals surface area contributed by atoms with Crippen LogP contribution in [0.2, 0.25) is 0 Å². The summed E-state index contributed by atoms with van der Waals surface area (Å²) in [5.41, 5.74) is 2.55. The second-order valence-electron chi connectivity index (χ2n) is 7.56. The Kier molecular flexibility index (Phi) is 5.48. The third-order valence-corrected chi connectivity index (χ3v) is 10.1. The van der Waals surface area contributed by atoms with Crippen molar-refractivity contribution < 1.29 is 0 Å². The van der Waals surface area contributed by atoms with Crippen LogP contribution in [-0.4, -0.2) is 0 Å². The second kappa shape index (κ2) is 8.72. The van der Waals surface area contributed by atoms with E-state index >= 15 is 0 Å². The van der Waals surface area contributed by atoms with Crippen LogP contribution in [0, 0.1) is 0 Å². The average Bonchev–Trinajstić information content (AvgIpc) is 2.87. The molecule has 0 nitrogen and oxygen atoms in total. The van der Waals surface area contributed by atoms with E-state index in [-0.39, 0.29) is 0 Å². The van der Waals surface area contributed by atoms with Crippen LogP contribution in [0.1, 0.15) is 0 Å². The summed E-state index contributed by atoms with van der Waals surface area (Å²) < 4.78 is 0. The predicted molar refractivity (Wildman–Crippen MR) is 137 cm³/mol. The van der Waals surface area contributed by atoms with Gasteiger partial charge in [-0.15, -0.1) is 0 Å². The van der Waals surface area contributed by atoms with Gasteiger partial charge < -0.3 is 0 Å². The zero-order valence-electron chi connectivity index (χ0n) is 17.3. The van der Waals surface area contributed by atoms with E-state index in [0.717, 1.165) is 0 Å². The lowest BCUT2D eigenvalue weighted by atomic mass is 10.1. The summed E-state index contributed by atoms with van der Waals surface area (Å²) in [5, 5.41) is 5.51. The normalized spacial score (nSPS) is 11.2. The summed E-state index contributed by atoms with van der Waals surface area (Å²) in [6, 6.07) is 52.9. The van der Waals surface area contributed by atoms with Crippen molar-refractivity contribution in [3.8, 4) is 11.1 Å². The Bertz CT molecular complexity index is 1150. The zero-order chi connectivity index (χ0) is 20.9. The molecule has 1 heteroatoms. The highest BCUT2D eigenvalue weighted by atomic mass is 31.2. The van der Waals surface area contributed by atoms with Crippen LogP contribution in [0.15, 0.2) is 146 Å². The van der Waals surface area contributed by atoms with Gasteiger partial charge in [-0.2, -0.15) is 0 Å². The summed E-state index contributed by atoms with van der Waals surface area (Å²) in [4.78, 5) is 0. The van der Waals surface area contributed by atoms with Gasteiger partial charge in [0.25, 0.3) is 0 Å². The first kappa shape index (κ1) is 19.5. The van der Waals surface area contributed by atoms with E-state index in [1.165, 1.54) is 32.3 Å². The number of rotatable bonds is 5. The minimum Gasteiger partial charge on any atom is -0.0622 e. The maximum absolute atomic E-state index is 2.34. The van der Waals surface area contributed by atoms with Crippen molar-refractivity contribution in [2.45, 2.75) is 0 Å². The molecule has 0 amide bonds. The van der Waals surface area contributed by atoms with Gasteiger partial charge in [0.15, 0.2) is 0 Å². The molecule has 0 heterocycles. The SMILES string of the molecule is c1ccc(-c2ccccc2[P+](c2ccccc2)(c2ccccc2)c2ccccc2)cc1. The molecule has 0 aliphatic carbocycles. The average molecular weight is 415 g/mol. The highest BCUT2D eigenvalue weighted by Gasteiger charge is 2.49. The van der Waals surface area contributed by atoms with Gasteiger partial charge in [0.05, 0.1) is 0 Å². The molecule has 0 unspecified atom stereocenters. The monoisotopic (exact) mass is 415 g/mol. The fourth-order valence-electron chi connectivity index (χ4n) is 4.45. The molecule has 0 fully saturated rings. The van der Waals surface area contributed by atoms with Gasteiger partial charge in [0.1, 0.15) is 28.5 Å². The van der Waals surface area contributed by atoms with E-state index in [1.54, 1.807) is 0 Å². The minimum atomic E-state index is -2.11. The summed E-state index contributed by atoms with van der Waals surface area (Å²) in [7, 11) is -2.11. The molecule has 0 atom stereocenters. The van der Waals surface area contributed by atoms with E-state index in [9.17, 15) is 0 Å². The quantitative estimate of drug-likeness (QED) is 0.310. The van der Waals surface area contributed by atoms with E-state index in [1.807, 2.05) is 0 Å². The first-order valence-electron chi connectivity index (χ1n) is 10.6. The Hall–Kier alpha value is -3.47. The van der Waals surface area contributed by atoms with E-state index in [4.69, 9.17) is 0 Å². The van der Waals surface area contributed by atoms with Crippen molar-refractivity contribution in [1.82, 2.24) is 0 Å². The third-order valence-electron chi connectivity index (χ3n) is 5.78. The lowest BCUT2D eigenvalue weighted by Crippen LogP contribution is -2.39.